The summed E-state index contributed by atoms with van der Waals surface area (Å²) in [5.41, 5.74) is 0.255. The summed E-state index contributed by atoms with van der Waals surface area (Å²) in [7, 11) is 0. The summed E-state index contributed by atoms with van der Waals surface area (Å²) in [5, 5.41) is 11.9. The van der Waals surface area contributed by atoms with E-state index >= 15 is 0 Å². The number of carbonyl (C=O) groups is 2. The van der Waals surface area contributed by atoms with E-state index in [1.54, 1.807) is 0 Å². The highest BCUT2D eigenvalue weighted by Gasteiger charge is 2.37. The van der Waals surface area contributed by atoms with Crippen LogP contribution in [0.4, 0.5) is 14.9 Å². The van der Waals surface area contributed by atoms with Crippen molar-refractivity contribution >= 4 is 29.3 Å². The van der Waals surface area contributed by atoms with E-state index in [0.29, 0.717) is 6.54 Å². The van der Waals surface area contributed by atoms with Crippen LogP contribution in [0.1, 0.15) is 19.8 Å². The van der Waals surface area contributed by atoms with E-state index in [2.05, 4.69) is 5.32 Å². The van der Waals surface area contributed by atoms with Gasteiger partial charge in [0, 0.05) is 6.54 Å². The summed E-state index contributed by atoms with van der Waals surface area (Å²) < 4.78 is 13.0. The number of amides is 2. The van der Waals surface area contributed by atoms with Crippen molar-refractivity contribution in [1.29, 1.82) is 0 Å². The van der Waals surface area contributed by atoms with Crippen molar-refractivity contribution in [3.8, 4) is 0 Å². The fourth-order valence-corrected chi connectivity index (χ4v) is 2.78. The number of carboxylic acids is 1. The molecule has 2 atom stereocenters. The van der Waals surface area contributed by atoms with Crippen LogP contribution >= 0.6 is 11.6 Å². The SMILES string of the molecule is CC1CCCN(C(=O)Nc2ccc(F)cc2Cl)C1C(=O)O. The number of likely N-dealkylation sites (tertiary alicyclic amines) is 1. The van der Waals surface area contributed by atoms with Crippen LogP contribution in [-0.2, 0) is 4.79 Å². The Hall–Kier alpha value is -1.82. The van der Waals surface area contributed by atoms with Gasteiger partial charge < -0.3 is 15.3 Å². The molecular weight excluding hydrogens is 299 g/mol. The third-order valence-corrected chi connectivity index (χ3v) is 3.93. The number of urea groups is 1. The number of nitrogens with zero attached hydrogens (tertiary/aromatic N) is 1. The molecule has 0 saturated carbocycles. The predicted octanol–water partition coefficient (Wildman–Crippen LogP) is 3.20. The Balaban J connectivity index is 2.16. The minimum absolute atomic E-state index is 0.0697. The Morgan fingerprint density at radius 2 is 2.19 bits per heavy atom. The molecule has 0 aliphatic carbocycles. The number of carbonyl (C=O) groups excluding carboxylic acids is 1. The average Bonchev–Trinajstić information content (AvgIpc) is 2.41. The van der Waals surface area contributed by atoms with Gasteiger partial charge in [0.2, 0.25) is 0 Å². The molecule has 0 spiro atoms. The fourth-order valence-electron chi connectivity index (χ4n) is 2.57. The van der Waals surface area contributed by atoms with Crippen molar-refractivity contribution in [2.45, 2.75) is 25.8 Å². The van der Waals surface area contributed by atoms with Crippen LogP contribution in [0.3, 0.4) is 0 Å². The first-order chi connectivity index (χ1) is 9.90. The molecule has 1 fully saturated rings. The second-order valence-electron chi connectivity index (χ2n) is 5.15. The summed E-state index contributed by atoms with van der Waals surface area (Å²) in [5.74, 6) is -1.65. The van der Waals surface area contributed by atoms with E-state index in [1.165, 1.54) is 17.0 Å². The van der Waals surface area contributed by atoms with Crippen molar-refractivity contribution in [3.05, 3.63) is 29.0 Å². The number of piperidine rings is 1. The molecule has 5 nitrogen and oxygen atoms in total. The molecule has 0 bridgehead atoms. The number of hydrogen-bond donors (Lipinski definition) is 2. The Morgan fingerprint density at radius 3 is 2.81 bits per heavy atom. The van der Waals surface area contributed by atoms with E-state index in [0.717, 1.165) is 18.9 Å². The molecule has 7 heteroatoms. The van der Waals surface area contributed by atoms with Crippen LogP contribution in [0.25, 0.3) is 0 Å². The molecule has 1 saturated heterocycles. The minimum Gasteiger partial charge on any atom is -0.480 e. The third kappa shape index (κ3) is 3.44. The van der Waals surface area contributed by atoms with Crippen LogP contribution in [0, 0.1) is 11.7 Å². The van der Waals surface area contributed by atoms with Gasteiger partial charge >= 0.3 is 12.0 Å². The zero-order chi connectivity index (χ0) is 15.6. The van der Waals surface area contributed by atoms with Gasteiger partial charge in [-0.1, -0.05) is 18.5 Å². The molecule has 1 aliphatic heterocycles. The number of halogens is 2. The minimum atomic E-state index is -1.03. The predicted molar refractivity (Wildman–Crippen MR) is 77.0 cm³/mol. The Labute approximate surface area is 126 Å². The topological polar surface area (TPSA) is 69.6 Å². The number of benzene rings is 1. The summed E-state index contributed by atoms with van der Waals surface area (Å²) >= 11 is 5.85. The van der Waals surface area contributed by atoms with Gasteiger partial charge in [0.05, 0.1) is 10.7 Å². The van der Waals surface area contributed by atoms with Gasteiger partial charge in [-0.15, -0.1) is 0 Å². The quantitative estimate of drug-likeness (QED) is 0.880. The molecule has 1 aromatic carbocycles. The van der Waals surface area contributed by atoms with Crippen LogP contribution in [0.15, 0.2) is 18.2 Å². The maximum atomic E-state index is 13.0. The molecular formula is C14H16ClFN2O3. The molecule has 2 amide bonds. The molecule has 1 aromatic rings. The first-order valence-corrected chi connectivity index (χ1v) is 7.03. The second-order valence-corrected chi connectivity index (χ2v) is 5.56. The maximum Gasteiger partial charge on any atom is 0.326 e. The van der Waals surface area contributed by atoms with Crippen LogP contribution in [-0.4, -0.2) is 34.6 Å². The highest BCUT2D eigenvalue weighted by atomic mass is 35.5. The lowest BCUT2D eigenvalue weighted by atomic mass is 9.91. The lowest BCUT2D eigenvalue weighted by Gasteiger charge is -2.37. The van der Waals surface area contributed by atoms with Gasteiger partial charge in [-0.2, -0.15) is 0 Å². The monoisotopic (exact) mass is 314 g/mol. The highest BCUT2D eigenvalue weighted by Crippen LogP contribution is 2.26. The largest absolute Gasteiger partial charge is 0.480 e. The van der Waals surface area contributed by atoms with Crippen molar-refractivity contribution in [1.82, 2.24) is 4.90 Å². The first kappa shape index (κ1) is 15.6. The molecule has 2 N–H and O–H groups in total. The number of carboxylic acid groups (broad SMARTS) is 1. The molecule has 1 heterocycles. The standard InChI is InChI=1S/C14H16ClFN2O3/c1-8-3-2-6-18(12(8)13(19)20)14(21)17-11-5-4-9(16)7-10(11)15/h4-5,7-8,12H,2-3,6H2,1H3,(H,17,21)(H,19,20). The number of rotatable bonds is 2. The zero-order valence-electron chi connectivity index (χ0n) is 11.5. The normalized spacial score (nSPS) is 22.0. The van der Waals surface area contributed by atoms with Gasteiger partial charge in [0.15, 0.2) is 0 Å². The molecule has 0 radical (unpaired) electrons. The Bertz CT molecular complexity index is 567. The van der Waals surface area contributed by atoms with Crippen molar-refractivity contribution < 1.29 is 19.1 Å². The van der Waals surface area contributed by atoms with Gasteiger partial charge in [0.1, 0.15) is 11.9 Å². The smallest absolute Gasteiger partial charge is 0.326 e. The lowest BCUT2D eigenvalue weighted by Crippen LogP contribution is -2.53. The van der Waals surface area contributed by atoms with Crippen molar-refractivity contribution in [2.75, 3.05) is 11.9 Å². The zero-order valence-corrected chi connectivity index (χ0v) is 12.2. The van der Waals surface area contributed by atoms with Gasteiger partial charge in [0.25, 0.3) is 0 Å². The van der Waals surface area contributed by atoms with E-state index in [1.807, 2.05) is 6.92 Å². The van der Waals surface area contributed by atoms with E-state index < -0.39 is 23.9 Å². The van der Waals surface area contributed by atoms with Gasteiger partial charge in [-0.3, -0.25) is 0 Å². The van der Waals surface area contributed by atoms with Crippen LogP contribution in [0.2, 0.25) is 5.02 Å². The first-order valence-electron chi connectivity index (χ1n) is 6.65. The fraction of sp³-hybridized carbons (Fsp3) is 0.429. The second kappa shape index (κ2) is 6.30. The summed E-state index contributed by atoms with van der Waals surface area (Å²) in [6.07, 6.45) is 1.51. The van der Waals surface area contributed by atoms with E-state index in [9.17, 15) is 19.1 Å². The van der Waals surface area contributed by atoms with E-state index in [-0.39, 0.29) is 16.6 Å². The molecule has 21 heavy (non-hydrogen) atoms. The number of anilines is 1. The van der Waals surface area contributed by atoms with Crippen LogP contribution < -0.4 is 5.32 Å². The maximum absolute atomic E-state index is 13.0. The van der Waals surface area contributed by atoms with E-state index in [4.69, 9.17) is 11.6 Å². The van der Waals surface area contributed by atoms with Crippen LogP contribution in [0.5, 0.6) is 0 Å². The number of nitrogens with one attached hydrogen (secondary N) is 1. The summed E-state index contributed by atoms with van der Waals surface area (Å²) in [4.78, 5) is 24.9. The lowest BCUT2D eigenvalue weighted by molar-refractivity contribution is -0.145. The molecule has 2 rings (SSSR count). The number of aliphatic carboxylic acids is 1. The molecule has 1 aliphatic rings. The van der Waals surface area contributed by atoms with Crippen molar-refractivity contribution in [2.24, 2.45) is 5.92 Å². The third-order valence-electron chi connectivity index (χ3n) is 3.62. The average molecular weight is 315 g/mol. The number of hydrogen-bond acceptors (Lipinski definition) is 2. The van der Waals surface area contributed by atoms with Gasteiger partial charge in [-0.25, -0.2) is 14.0 Å². The Morgan fingerprint density at radius 1 is 1.48 bits per heavy atom. The molecule has 0 aromatic heterocycles. The van der Waals surface area contributed by atoms with Gasteiger partial charge in [-0.05, 0) is 37.0 Å². The Kier molecular flexibility index (Phi) is 4.67. The molecule has 2 unspecified atom stereocenters. The molecule has 114 valence electrons. The summed E-state index contributed by atoms with van der Waals surface area (Å²) in [6.45, 7) is 2.18. The summed E-state index contributed by atoms with van der Waals surface area (Å²) in [6, 6.07) is 2.21. The van der Waals surface area contributed by atoms with Crippen molar-refractivity contribution in [3.63, 3.8) is 0 Å². The highest BCUT2D eigenvalue weighted by molar-refractivity contribution is 6.33.